The number of hydrogen-bond acceptors (Lipinski definition) is 4. The second-order valence-electron chi connectivity index (χ2n) is 4.62. The summed E-state index contributed by atoms with van der Waals surface area (Å²) in [6, 6.07) is 3.85. The van der Waals surface area contributed by atoms with E-state index in [1.807, 2.05) is 37.1 Å². The summed E-state index contributed by atoms with van der Waals surface area (Å²) < 4.78 is 0. The Morgan fingerprint density at radius 3 is 2.84 bits per heavy atom. The Labute approximate surface area is 113 Å². The van der Waals surface area contributed by atoms with Crippen LogP contribution in [0.5, 0.6) is 0 Å². The number of pyridine rings is 1. The molecular weight excluding hydrogens is 238 g/mol. The van der Waals surface area contributed by atoms with E-state index in [1.165, 1.54) is 0 Å². The van der Waals surface area contributed by atoms with Crippen molar-refractivity contribution in [3.8, 4) is 0 Å². The highest BCUT2D eigenvalue weighted by Gasteiger charge is 2.19. The quantitative estimate of drug-likeness (QED) is 0.782. The number of amidine groups is 1. The van der Waals surface area contributed by atoms with Gasteiger partial charge in [0.15, 0.2) is 0 Å². The number of nitrogens with two attached hydrogens (primary N) is 2. The van der Waals surface area contributed by atoms with Crippen LogP contribution in [0.4, 0.5) is 0 Å². The Morgan fingerprint density at radius 2 is 2.21 bits per heavy atom. The van der Waals surface area contributed by atoms with E-state index in [2.05, 4.69) is 9.98 Å². The molecule has 1 aromatic rings. The molecule has 0 spiro atoms. The van der Waals surface area contributed by atoms with Crippen molar-refractivity contribution in [2.24, 2.45) is 16.5 Å². The second-order valence-corrected chi connectivity index (χ2v) is 4.62. The van der Waals surface area contributed by atoms with Gasteiger partial charge in [0.1, 0.15) is 5.84 Å². The van der Waals surface area contributed by atoms with Gasteiger partial charge in [0.2, 0.25) is 0 Å². The van der Waals surface area contributed by atoms with Crippen LogP contribution < -0.4 is 11.5 Å². The summed E-state index contributed by atoms with van der Waals surface area (Å²) in [7, 11) is 3.72. The highest BCUT2D eigenvalue weighted by molar-refractivity contribution is 5.96. The molecule has 0 fully saturated rings. The van der Waals surface area contributed by atoms with Gasteiger partial charge in [-0.05, 0) is 19.1 Å². The van der Waals surface area contributed by atoms with Crippen molar-refractivity contribution in [1.82, 2.24) is 9.88 Å². The third-order valence-electron chi connectivity index (χ3n) is 3.18. The number of aryl methyl sites for hydroxylation is 1. The molecule has 0 atom stereocenters. The third kappa shape index (κ3) is 2.59. The van der Waals surface area contributed by atoms with Gasteiger partial charge < -0.3 is 16.4 Å². The molecule has 2 rings (SSSR count). The molecule has 0 radical (unpaired) electrons. The fourth-order valence-corrected chi connectivity index (χ4v) is 2.11. The van der Waals surface area contributed by atoms with Gasteiger partial charge in [-0.15, -0.1) is 0 Å². The van der Waals surface area contributed by atoms with Crippen molar-refractivity contribution >= 4 is 11.5 Å². The first-order chi connectivity index (χ1) is 9.02. The van der Waals surface area contributed by atoms with Crippen molar-refractivity contribution in [3.63, 3.8) is 0 Å². The normalized spacial score (nSPS) is 20.5. The minimum atomic E-state index is 0.655. The molecule has 0 saturated heterocycles. The average molecular weight is 257 g/mol. The van der Waals surface area contributed by atoms with E-state index in [-0.39, 0.29) is 0 Å². The number of hydrogen-bond donors (Lipinski definition) is 2. The van der Waals surface area contributed by atoms with Crippen molar-refractivity contribution < 1.29 is 0 Å². The van der Waals surface area contributed by atoms with Crippen LogP contribution in [-0.2, 0) is 0 Å². The van der Waals surface area contributed by atoms with Crippen LogP contribution in [0.1, 0.15) is 11.3 Å². The maximum absolute atomic E-state index is 6.24. The molecule has 0 aromatic carbocycles. The van der Waals surface area contributed by atoms with E-state index >= 15 is 0 Å². The van der Waals surface area contributed by atoms with Gasteiger partial charge in [0.05, 0.1) is 0 Å². The fraction of sp³-hybridized carbons (Fsp3) is 0.286. The first kappa shape index (κ1) is 13.1. The molecule has 0 unspecified atom stereocenters. The van der Waals surface area contributed by atoms with Crippen LogP contribution in [0.15, 0.2) is 40.7 Å². The predicted octanol–water partition coefficient (Wildman–Crippen LogP) is 0.876. The van der Waals surface area contributed by atoms with Crippen molar-refractivity contribution in [2.75, 3.05) is 20.6 Å². The largest absolute Gasteiger partial charge is 0.398 e. The van der Waals surface area contributed by atoms with Gasteiger partial charge in [-0.2, -0.15) is 0 Å². The molecule has 1 aromatic heterocycles. The Balaban J connectivity index is 2.48. The zero-order chi connectivity index (χ0) is 14.0. The first-order valence-corrected chi connectivity index (χ1v) is 6.10. The maximum atomic E-state index is 6.24. The Bertz CT molecular complexity index is 583. The topological polar surface area (TPSA) is 80.5 Å². The van der Waals surface area contributed by atoms with Crippen molar-refractivity contribution in [2.45, 2.75) is 6.92 Å². The molecule has 4 N–H and O–H groups in total. The zero-order valence-electron chi connectivity index (χ0n) is 11.5. The number of aliphatic imine (C=N–C) groups is 1. The molecule has 2 heterocycles. The molecule has 0 amide bonds. The Morgan fingerprint density at radius 1 is 1.47 bits per heavy atom. The van der Waals surface area contributed by atoms with Crippen LogP contribution in [0.3, 0.4) is 0 Å². The number of rotatable bonds is 1. The summed E-state index contributed by atoms with van der Waals surface area (Å²) in [5.74, 6) is 0.861. The summed E-state index contributed by atoms with van der Waals surface area (Å²) in [6.45, 7) is 2.59. The summed E-state index contributed by atoms with van der Waals surface area (Å²) >= 11 is 0. The van der Waals surface area contributed by atoms with E-state index in [9.17, 15) is 0 Å². The molecule has 0 bridgehead atoms. The van der Waals surface area contributed by atoms with Crippen molar-refractivity contribution in [3.05, 3.63) is 46.9 Å². The minimum absolute atomic E-state index is 0.655. The summed E-state index contributed by atoms with van der Waals surface area (Å²) in [4.78, 5) is 10.4. The van der Waals surface area contributed by atoms with Gasteiger partial charge in [-0.25, -0.2) is 0 Å². The summed E-state index contributed by atoms with van der Waals surface area (Å²) in [5, 5.41) is 0. The zero-order valence-corrected chi connectivity index (χ0v) is 11.5. The lowest BCUT2D eigenvalue weighted by Gasteiger charge is -2.27. The lowest BCUT2D eigenvalue weighted by atomic mass is 10.0. The van der Waals surface area contributed by atoms with Crippen molar-refractivity contribution in [1.29, 1.82) is 0 Å². The monoisotopic (exact) mass is 257 g/mol. The van der Waals surface area contributed by atoms with E-state index in [0.29, 0.717) is 17.9 Å². The van der Waals surface area contributed by atoms with Crippen LogP contribution >= 0.6 is 0 Å². The highest BCUT2D eigenvalue weighted by Crippen LogP contribution is 2.21. The van der Waals surface area contributed by atoms with E-state index < -0.39 is 0 Å². The molecule has 100 valence electrons. The van der Waals surface area contributed by atoms with E-state index in [0.717, 1.165) is 22.7 Å². The smallest absolute Gasteiger partial charge is 0.125 e. The fourth-order valence-electron chi connectivity index (χ4n) is 2.11. The first-order valence-electron chi connectivity index (χ1n) is 6.10. The minimum Gasteiger partial charge on any atom is -0.398 e. The molecule has 19 heavy (non-hydrogen) atoms. The molecule has 5 heteroatoms. The van der Waals surface area contributed by atoms with Crippen LogP contribution in [-0.4, -0.2) is 36.4 Å². The Hall–Kier alpha value is -2.30. The second kappa shape index (κ2) is 5.14. The average Bonchev–Trinajstić information content (AvgIpc) is 2.40. The summed E-state index contributed by atoms with van der Waals surface area (Å²) in [5.41, 5.74) is 16.5. The molecule has 1 aliphatic rings. The van der Waals surface area contributed by atoms with Crippen LogP contribution in [0, 0.1) is 6.92 Å². The molecule has 0 saturated carbocycles. The number of aromatic nitrogens is 1. The molecule has 0 aliphatic carbocycles. The summed E-state index contributed by atoms with van der Waals surface area (Å²) in [6.07, 6.45) is 3.60. The van der Waals surface area contributed by atoms with Gasteiger partial charge in [0.25, 0.3) is 0 Å². The lowest BCUT2D eigenvalue weighted by molar-refractivity contribution is 0.545. The lowest BCUT2D eigenvalue weighted by Crippen LogP contribution is -2.34. The maximum Gasteiger partial charge on any atom is 0.125 e. The van der Waals surface area contributed by atoms with Gasteiger partial charge >= 0.3 is 0 Å². The third-order valence-corrected chi connectivity index (χ3v) is 3.18. The van der Waals surface area contributed by atoms with Gasteiger partial charge in [-0.1, -0.05) is 0 Å². The standard InChI is InChI=1S/C14H19N5/c1-9-6-10(4-5-18-9)14(16)11-8-19(3)13(17-2)7-12(11)15/h4-7H,8,15-16H2,1-3H3/b14-11-,17-13?. The Kier molecular flexibility index (Phi) is 3.55. The van der Waals surface area contributed by atoms with E-state index in [4.69, 9.17) is 11.5 Å². The highest BCUT2D eigenvalue weighted by atomic mass is 15.2. The number of nitrogens with zero attached hydrogens (tertiary/aromatic N) is 3. The molecular formula is C14H19N5. The van der Waals surface area contributed by atoms with Crippen LogP contribution in [0.2, 0.25) is 0 Å². The van der Waals surface area contributed by atoms with Crippen LogP contribution in [0.25, 0.3) is 5.70 Å². The SMILES string of the molecule is CN=C1C=C(N)/C(=C(\N)c2ccnc(C)c2)CN1C. The number of likely N-dealkylation sites (N-methyl/N-ethyl adjacent to an activating group) is 1. The molecule has 5 nitrogen and oxygen atoms in total. The predicted molar refractivity (Wildman–Crippen MR) is 78.3 cm³/mol. The molecule has 1 aliphatic heterocycles. The van der Waals surface area contributed by atoms with Gasteiger partial charge in [0, 0.05) is 61.1 Å². The van der Waals surface area contributed by atoms with E-state index in [1.54, 1.807) is 13.2 Å². The van der Waals surface area contributed by atoms with Gasteiger partial charge in [-0.3, -0.25) is 9.98 Å².